The zero-order chi connectivity index (χ0) is 9.97. The number of aromatic nitrogens is 3. The van der Waals surface area contributed by atoms with E-state index < -0.39 is 4.92 Å². The van der Waals surface area contributed by atoms with E-state index in [2.05, 4.69) is 15.2 Å². The summed E-state index contributed by atoms with van der Waals surface area (Å²) in [7, 11) is 0. The molecule has 0 aliphatic carbocycles. The second-order valence-corrected chi connectivity index (χ2v) is 2.40. The Hall–Kier alpha value is -2.31. The monoisotopic (exact) mass is 192 g/mol. The normalized spacial score (nSPS) is 10.0. The molecule has 7 heteroatoms. The van der Waals surface area contributed by atoms with Gasteiger partial charge in [-0.3, -0.25) is 10.1 Å². The van der Waals surface area contributed by atoms with Gasteiger partial charge in [0.1, 0.15) is 11.9 Å². The van der Waals surface area contributed by atoms with Gasteiger partial charge in [0.2, 0.25) is 6.39 Å². The van der Waals surface area contributed by atoms with Crippen LogP contribution in [0.25, 0.3) is 11.6 Å². The molecule has 2 aromatic rings. The summed E-state index contributed by atoms with van der Waals surface area (Å²) in [6.07, 6.45) is 2.30. The Balaban J connectivity index is 2.36. The minimum Gasteiger partial charge on any atom is -0.422 e. The minimum absolute atomic E-state index is 0.0757. The largest absolute Gasteiger partial charge is 0.422 e. The van der Waals surface area contributed by atoms with E-state index in [1.165, 1.54) is 18.5 Å². The second-order valence-electron chi connectivity index (χ2n) is 2.40. The van der Waals surface area contributed by atoms with E-state index in [9.17, 15) is 10.1 Å². The lowest BCUT2D eigenvalue weighted by atomic mass is 10.3. The molecular formula is C7H4N4O3. The first kappa shape index (κ1) is 8.30. The maximum Gasteiger partial charge on any atom is 0.287 e. The van der Waals surface area contributed by atoms with E-state index in [1.807, 2.05) is 0 Å². The summed E-state index contributed by atoms with van der Waals surface area (Å²) in [5.74, 6) is 0.236. The van der Waals surface area contributed by atoms with Crippen LogP contribution in [0.15, 0.2) is 29.1 Å². The number of rotatable bonds is 2. The fraction of sp³-hybridized carbons (Fsp3) is 0. The highest BCUT2D eigenvalue weighted by molar-refractivity contribution is 5.47. The van der Waals surface area contributed by atoms with Crippen molar-refractivity contribution in [3.8, 4) is 11.6 Å². The first-order valence-corrected chi connectivity index (χ1v) is 3.64. The molecule has 0 N–H and O–H groups in total. The standard InChI is InChI=1S/C7H4N4O3/c12-11(13)5-1-2-6(8-3-5)7-10-9-4-14-7/h1-4H. The molecule has 0 saturated heterocycles. The number of nitro groups is 1. The molecule has 0 aliphatic rings. The van der Waals surface area contributed by atoms with Gasteiger partial charge < -0.3 is 4.42 Å². The Morgan fingerprint density at radius 2 is 2.29 bits per heavy atom. The molecule has 0 radical (unpaired) electrons. The van der Waals surface area contributed by atoms with Crippen molar-refractivity contribution in [1.29, 1.82) is 0 Å². The third-order valence-corrected chi connectivity index (χ3v) is 1.54. The third-order valence-electron chi connectivity index (χ3n) is 1.54. The predicted octanol–water partition coefficient (Wildman–Crippen LogP) is 1.04. The highest BCUT2D eigenvalue weighted by Gasteiger charge is 2.09. The Kier molecular flexibility index (Phi) is 1.90. The van der Waals surface area contributed by atoms with E-state index in [4.69, 9.17) is 4.42 Å². The van der Waals surface area contributed by atoms with E-state index in [0.717, 1.165) is 6.20 Å². The molecule has 2 heterocycles. The van der Waals surface area contributed by atoms with Crippen LogP contribution in [0.2, 0.25) is 0 Å². The van der Waals surface area contributed by atoms with E-state index in [-0.39, 0.29) is 11.6 Å². The molecule has 70 valence electrons. The maximum atomic E-state index is 10.3. The Bertz CT molecular complexity index is 436. The van der Waals surface area contributed by atoms with Crippen LogP contribution in [0.1, 0.15) is 0 Å². The summed E-state index contributed by atoms with van der Waals surface area (Å²) < 4.78 is 4.87. The first-order chi connectivity index (χ1) is 6.77. The fourth-order valence-corrected chi connectivity index (χ4v) is 0.905. The molecule has 0 spiro atoms. The lowest BCUT2D eigenvalue weighted by Gasteiger charge is -1.92. The smallest absolute Gasteiger partial charge is 0.287 e. The molecule has 0 aliphatic heterocycles. The van der Waals surface area contributed by atoms with Crippen molar-refractivity contribution in [2.75, 3.05) is 0 Å². The van der Waals surface area contributed by atoms with Crippen LogP contribution in [-0.4, -0.2) is 20.1 Å². The molecule has 0 fully saturated rings. The lowest BCUT2D eigenvalue weighted by Crippen LogP contribution is -1.90. The summed E-state index contributed by atoms with van der Waals surface area (Å²) >= 11 is 0. The average Bonchev–Trinajstić information content (AvgIpc) is 2.71. The van der Waals surface area contributed by atoms with Crippen LogP contribution >= 0.6 is 0 Å². The van der Waals surface area contributed by atoms with Crippen LogP contribution in [0, 0.1) is 10.1 Å². The summed E-state index contributed by atoms with van der Waals surface area (Å²) in [5, 5.41) is 17.4. The predicted molar refractivity (Wildman–Crippen MR) is 44.2 cm³/mol. The van der Waals surface area contributed by atoms with Gasteiger partial charge in [0.05, 0.1) is 4.92 Å². The van der Waals surface area contributed by atoms with Crippen molar-refractivity contribution in [3.63, 3.8) is 0 Å². The van der Waals surface area contributed by atoms with E-state index in [1.54, 1.807) is 0 Å². The Morgan fingerprint density at radius 1 is 1.43 bits per heavy atom. The topological polar surface area (TPSA) is 95.0 Å². The molecule has 0 amide bonds. The molecule has 2 rings (SSSR count). The number of pyridine rings is 1. The van der Waals surface area contributed by atoms with E-state index >= 15 is 0 Å². The highest BCUT2D eigenvalue weighted by Crippen LogP contribution is 2.16. The van der Waals surface area contributed by atoms with Gasteiger partial charge in [-0.2, -0.15) is 0 Å². The number of hydrogen-bond acceptors (Lipinski definition) is 6. The molecular weight excluding hydrogens is 188 g/mol. The van der Waals surface area contributed by atoms with Gasteiger partial charge in [-0.05, 0) is 6.07 Å². The van der Waals surface area contributed by atoms with Crippen molar-refractivity contribution in [3.05, 3.63) is 34.8 Å². The van der Waals surface area contributed by atoms with Gasteiger partial charge in [0.25, 0.3) is 11.6 Å². The Labute approximate surface area is 77.6 Å². The average molecular weight is 192 g/mol. The molecule has 0 saturated carbocycles. The SMILES string of the molecule is O=[N+]([O-])c1ccc(-c2nnco2)nc1. The van der Waals surface area contributed by atoms with Gasteiger partial charge >= 0.3 is 0 Å². The first-order valence-electron chi connectivity index (χ1n) is 3.64. The quantitative estimate of drug-likeness (QED) is 0.521. The minimum atomic E-state index is -0.523. The summed E-state index contributed by atoms with van der Waals surface area (Å²) in [4.78, 5) is 13.6. The summed E-state index contributed by atoms with van der Waals surface area (Å²) in [6.45, 7) is 0. The molecule has 14 heavy (non-hydrogen) atoms. The van der Waals surface area contributed by atoms with Crippen LogP contribution < -0.4 is 0 Å². The zero-order valence-corrected chi connectivity index (χ0v) is 6.82. The molecule has 2 aromatic heterocycles. The molecule has 0 bridgehead atoms. The maximum absolute atomic E-state index is 10.3. The van der Waals surface area contributed by atoms with Crippen LogP contribution in [0.4, 0.5) is 5.69 Å². The van der Waals surface area contributed by atoms with E-state index in [0.29, 0.717) is 5.69 Å². The summed E-state index contributed by atoms with van der Waals surface area (Å²) in [5.41, 5.74) is 0.335. The zero-order valence-electron chi connectivity index (χ0n) is 6.82. The van der Waals surface area contributed by atoms with Crippen molar-refractivity contribution in [1.82, 2.24) is 15.2 Å². The van der Waals surface area contributed by atoms with Crippen LogP contribution in [0.3, 0.4) is 0 Å². The Morgan fingerprint density at radius 3 is 2.79 bits per heavy atom. The molecule has 0 aromatic carbocycles. The van der Waals surface area contributed by atoms with Gasteiger partial charge in [-0.25, -0.2) is 4.98 Å². The van der Waals surface area contributed by atoms with Crippen molar-refractivity contribution < 1.29 is 9.34 Å². The highest BCUT2D eigenvalue weighted by atomic mass is 16.6. The molecule has 0 atom stereocenters. The van der Waals surface area contributed by atoms with Gasteiger partial charge in [0, 0.05) is 6.07 Å². The molecule has 7 nitrogen and oxygen atoms in total. The van der Waals surface area contributed by atoms with Crippen molar-refractivity contribution >= 4 is 5.69 Å². The van der Waals surface area contributed by atoms with Crippen LogP contribution in [-0.2, 0) is 0 Å². The summed E-state index contributed by atoms with van der Waals surface area (Å²) in [6, 6.07) is 2.78. The third kappa shape index (κ3) is 1.42. The number of hydrogen-bond donors (Lipinski definition) is 0. The fourth-order valence-electron chi connectivity index (χ4n) is 0.905. The van der Waals surface area contributed by atoms with Crippen molar-refractivity contribution in [2.24, 2.45) is 0 Å². The number of nitrogens with zero attached hydrogens (tertiary/aromatic N) is 4. The van der Waals surface area contributed by atoms with Gasteiger partial charge in [-0.15, -0.1) is 10.2 Å². The second kappa shape index (κ2) is 3.21. The van der Waals surface area contributed by atoms with Gasteiger partial charge in [0.15, 0.2) is 0 Å². The van der Waals surface area contributed by atoms with Gasteiger partial charge in [-0.1, -0.05) is 0 Å². The van der Waals surface area contributed by atoms with Crippen LogP contribution in [0.5, 0.6) is 0 Å². The molecule has 0 unspecified atom stereocenters. The van der Waals surface area contributed by atoms with Crippen molar-refractivity contribution in [2.45, 2.75) is 0 Å². The lowest BCUT2D eigenvalue weighted by molar-refractivity contribution is -0.385.